The highest BCUT2D eigenvalue weighted by molar-refractivity contribution is 5.93. The molecule has 1 fully saturated rings. The zero-order valence-electron chi connectivity index (χ0n) is 15.1. The Morgan fingerprint density at radius 1 is 1.40 bits per heavy atom. The van der Waals surface area contributed by atoms with Crippen LogP contribution in [0, 0.1) is 5.92 Å². The predicted octanol–water partition coefficient (Wildman–Crippen LogP) is 2.27. The first kappa shape index (κ1) is 17.7. The van der Waals surface area contributed by atoms with Crippen LogP contribution in [0.2, 0.25) is 0 Å². The van der Waals surface area contributed by atoms with Crippen LogP contribution in [0.4, 0.5) is 10.5 Å². The molecule has 6 nitrogen and oxygen atoms in total. The van der Waals surface area contributed by atoms with Crippen LogP contribution >= 0.6 is 0 Å². The molecule has 0 aliphatic carbocycles. The number of aryl methyl sites for hydroxylation is 1. The van der Waals surface area contributed by atoms with Crippen LogP contribution in [0.15, 0.2) is 18.2 Å². The van der Waals surface area contributed by atoms with Gasteiger partial charge in [0, 0.05) is 25.2 Å². The number of amides is 3. The fraction of sp³-hybridized carbons (Fsp3) is 0.579. The average molecular weight is 344 g/mol. The molecule has 3 rings (SSSR count). The second-order valence-corrected chi connectivity index (χ2v) is 7.09. The Balaban J connectivity index is 1.49. The fourth-order valence-electron chi connectivity index (χ4n) is 3.61. The molecule has 0 bridgehead atoms. The van der Waals surface area contributed by atoms with Crippen molar-refractivity contribution < 1.29 is 9.59 Å². The first-order valence-corrected chi connectivity index (χ1v) is 9.24. The second-order valence-electron chi connectivity index (χ2n) is 7.09. The van der Waals surface area contributed by atoms with Gasteiger partial charge in [-0.3, -0.25) is 4.79 Å². The summed E-state index contributed by atoms with van der Waals surface area (Å²) in [6, 6.07) is 5.78. The number of hydrogen-bond acceptors (Lipinski definition) is 3. The van der Waals surface area contributed by atoms with Gasteiger partial charge in [0.2, 0.25) is 5.91 Å². The summed E-state index contributed by atoms with van der Waals surface area (Å²) in [5.41, 5.74) is 3.08. The molecule has 2 atom stereocenters. The predicted molar refractivity (Wildman–Crippen MR) is 98.6 cm³/mol. The summed E-state index contributed by atoms with van der Waals surface area (Å²) < 4.78 is 0. The van der Waals surface area contributed by atoms with E-state index >= 15 is 0 Å². The molecule has 1 aromatic rings. The number of carbonyl (C=O) groups excluding carboxylic acids is 2. The summed E-state index contributed by atoms with van der Waals surface area (Å²) in [6.45, 7) is 8.17. The average Bonchev–Trinajstić information content (AvgIpc) is 3.07. The van der Waals surface area contributed by atoms with Crippen LogP contribution in [0.3, 0.4) is 0 Å². The molecule has 136 valence electrons. The third kappa shape index (κ3) is 4.51. The zero-order valence-corrected chi connectivity index (χ0v) is 15.1. The molecule has 0 spiro atoms. The van der Waals surface area contributed by atoms with Crippen molar-refractivity contribution in [1.29, 1.82) is 0 Å². The zero-order chi connectivity index (χ0) is 17.8. The Labute approximate surface area is 149 Å². The van der Waals surface area contributed by atoms with E-state index in [0.29, 0.717) is 12.3 Å². The molecular weight excluding hydrogens is 316 g/mol. The summed E-state index contributed by atoms with van der Waals surface area (Å²) in [7, 11) is 0. The van der Waals surface area contributed by atoms with Crippen LogP contribution < -0.4 is 16.0 Å². The van der Waals surface area contributed by atoms with Crippen molar-refractivity contribution in [2.45, 2.75) is 39.2 Å². The first-order valence-electron chi connectivity index (χ1n) is 9.24. The van der Waals surface area contributed by atoms with Gasteiger partial charge < -0.3 is 20.9 Å². The molecule has 0 aromatic heterocycles. The van der Waals surface area contributed by atoms with Crippen LogP contribution in [-0.2, 0) is 11.2 Å². The minimum Gasteiger partial charge on any atom is -0.338 e. The Morgan fingerprint density at radius 3 is 3.00 bits per heavy atom. The third-order valence-corrected chi connectivity index (χ3v) is 5.24. The summed E-state index contributed by atoms with van der Waals surface area (Å²) in [5, 5.41) is 8.90. The molecule has 3 N–H and O–H groups in total. The number of nitrogens with zero attached hydrogens (tertiary/aromatic N) is 1. The maximum Gasteiger partial charge on any atom is 0.315 e. The van der Waals surface area contributed by atoms with E-state index in [4.69, 9.17) is 0 Å². The van der Waals surface area contributed by atoms with E-state index in [0.717, 1.165) is 55.8 Å². The number of anilines is 1. The number of likely N-dealkylation sites (tertiary alicyclic amines) is 1. The quantitative estimate of drug-likeness (QED) is 0.767. The van der Waals surface area contributed by atoms with Gasteiger partial charge in [0.25, 0.3) is 0 Å². The van der Waals surface area contributed by atoms with Gasteiger partial charge in [-0.15, -0.1) is 0 Å². The number of urea groups is 1. The Hall–Kier alpha value is -2.08. The molecule has 1 aromatic carbocycles. The van der Waals surface area contributed by atoms with Crippen LogP contribution in [0.1, 0.15) is 43.9 Å². The maximum atomic E-state index is 12.2. The maximum absolute atomic E-state index is 12.2. The Bertz CT molecular complexity index is 646. The smallest absolute Gasteiger partial charge is 0.315 e. The lowest BCUT2D eigenvalue weighted by Crippen LogP contribution is -2.40. The van der Waals surface area contributed by atoms with Gasteiger partial charge >= 0.3 is 6.03 Å². The fourth-order valence-corrected chi connectivity index (χ4v) is 3.61. The van der Waals surface area contributed by atoms with Gasteiger partial charge in [0.1, 0.15) is 0 Å². The standard InChI is InChI=1S/C19H28N4O2/c1-3-23-9-8-14(12-23)11-20-19(25)21-13(2)15-4-6-17-16(10-15)5-7-18(24)22-17/h4,6,10,13-14H,3,5,7-9,11-12H2,1-2H3,(H,22,24)(H2,20,21,25)/t13-,14+/m1/s1. The molecule has 25 heavy (non-hydrogen) atoms. The van der Waals surface area contributed by atoms with Crippen molar-refractivity contribution in [2.75, 3.05) is 31.5 Å². The van der Waals surface area contributed by atoms with E-state index in [1.807, 2.05) is 19.1 Å². The molecule has 1 saturated heterocycles. The molecule has 0 saturated carbocycles. The number of rotatable bonds is 5. The number of fused-ring (bicyclic) bond motifs is 1. The Morgan fingerprint density at radius 2 is 2.24 bits per heavy atom. The molecule has 2 aliphatic heterocycles. The van der Waals surface area contributed by atoms with Crippen LogP contribution in [-0.4, -0.2) is 43.0 Å². The van der Waals surface area contributed by atoms with E-state index < -0.39 is 0 Å². The van der Waals surface area contributed by atoms with Crippen molar-refractivity contribution in [3.8, 4) is 0 Å². The summed E-state index contributed by atoms with van der Waals surface area (Å²) in [4.78, 5) is 26.0. The van der Waals surface area contributed by atoms with Gasteiger partial charge in [0.15, 0.2) is 0 Å². The van der Waals surface area contributed by atoms with Crippen molar-refractivity contribution in [3.63, 3.8) is 0 Å². The van der Waals surface area contributed by atoms with E-state index in [-0.39, 0.29) is 18.0 Å². The largest absolute Gasteiger partial charge is 0.338 e. The van der Waals surface area contributed by atoms with Gasteiger partial charge in [-0.2, -0.15) is 0 Å². The molecular formula is C19H28N4O2. The monoisotopic (exact) mass is 344 g/mol. The molecule has 2 aliphatic rings. The van der Waals surface area contributed by atoms with Crippen molar-refractivity contribution in [3.05, 3.63) is 29.3 Å². The van der Waals surface area contributed by atoms with Crippen LogP contribution in [0.5, 0.6) is 0 Å². The normalized spacial score (nSPS) is 21.4. The van der Waals surface area contributed by atoms with E-state index in [2.05, 4.69) is 33.8 Å². The lowest BCUT2D eigenvalue weighted by atomic mass is 9.98. The van der Waals surface area contributed by atoms with Gasteiger partial charge in [-0.25, -0.2) is 4.79 Å². The molecule has 0 unspecified atom stereocenters. The van der Waals surface area contributed by atoms with Gasteiger partial charge in [-0.1, -0.05) is 19.1 Å². The lowest BCUT2D eigenvalue weighted by molar-refractivity contribution is -0.116. The summed E-state index contributed by atoms with van der Waals surface area (Å²) in [5.74, 6) is 0.618. The molecule has 0 radical (unpaired) electrons. The van der Waals surface area contributed by atoms with E-state index in [1.165, 1.54) is 0 Å². The minimum atomic E-state index is -0.117. The SMILES string of the molecule is CCN1CC[C@@H](CNC(=O)N[C@H](C)c2ccc3c(c2)CCC(=O)N3)C1. The van der Waals surface area contributed by atoms with Crippen molar-refractivity contribution >= 4 is 17.6 Å². The summed E-state index contributed by atoms with van der Waals surface area (Å²) >= 11 is 0. The molecule has 2 heterocycles. The lowest BCUT2D eigenvalue weighted by Gasteiger charge is -2.21. The number of hydrogen-bond donors (Lipinski definition) is 3. The Kier molecular flexibility index (Phi) is 5.58. The molecule has 3 amide bonds. The number of nitrogens with one attached hydrogen (secondary N) is 3. The van der Waals surface area contributed by atoms with Crippen molar-refractivity contribution in [2.24, 2.45) is 5.92 Å². The van der Waals surface area contributed by atoms with Crippen molar-refractivity contribution in [1.82, 2.24) is 15.5 Å². The highest BCUT2D eigenvalue weighted by Gasteiger charge is 2.22. The second kappa shape index (κ2) is 7.87. The first-order chi connectivity index (χ1) is 12.0. The van der Waals surface area contributed by atoms with E-state index in [1.54, 1.807) is 0 Å². The summed E-state index contributed by atoms with van der Waals surface area (Å²) in [6.07, 6.45) is 2.43. The van der Waals surface area contributed by atoms with E-state index in [9.17, 15) is 9.59 Å². The third-order valence-electron chi connectivity index (χ3n) is 5.24. The number of carbonyl (C=O) groups is 2. The highest BCUT2D eigenvalue weighted by atomic mass is 16.2. The highest BCUT2D eigenvalue weighted by Crippen LogP contribution is 2.26. The van der Waals surface area contributed by atoms with Gasteiger partial charge in [-0.05, 0) is 56.0 Å². The minimum absolute atomic E-state index is 0.0688. The van der Waals surface area contributed by atoms with Gasteiger partial charge in [0.05, 0.1) is 6.04 Å². The van der Waals surface area contributed by atoms with Crippen LogP contribution in [0.25, 0.3) is 0 Å². The number of benzene rings is 1. The molecule has 6 heteroatoms. The topological polar surface area (TPSA) is 73.5 Å².